The Bertz CT molecular complexity index is 441. The van der Waals surface area contributed by atoms with Crippen LogP contribution in [0.2, 0.25) is 0 Å². The Balaban J connectivity index is 2.02. The number of carbonyl (C=O) groups excluding carboxylic acids is 1. The van der Waals surface area contributed by atoms with Crippen LogP contribution < -0.4 is 5.32 Å². The highest BCUT2D eigenvalue weighted by atomic mass is 79.9. The third-order valence-electron chi connectivity index (χ3n) is 3.25. The van der Waals surface area contributed by atoms with Crippen molar-refractivity contribution in [3.63, 3.8) is 0 Å². The molecule has 4 heteroatoms. The molecule has 1 aromatic carbocycles. The second kappa shape index (κ2) is 5.85. The molecule has 1 heterocycles. The fourth-order valence-electron chi connectivity index (χ4n) is 2.18. The maximum atomic E-state index is 12.1. The number of aryl methyl sites for hydroxylation is 1. The first-order valence-electron chi connectivity index (χ1n) is 6.26. The van der Waals surface area contributed by atoms with Crippen LogP contribution in [0.5, 0.6) is 0 Å². The minimum atomic E-state index is -0.0510. The number of hydrogen-bond donors (Lipinski definition) is 1. The lowest BCUT2D eigenvalue weighted by molar-refractivity contribution is 0.0712. The molecular formula is C14H18BrNO2. The van der Waals surface area contributed by atoms with Crippen LogP contribution in [0.15, 0.2) is 22.7 Å². The summed E-state index contributed by atoms with van der Waals surface area (Å²) in [5.41, 5.74) is 1.80. The standard InChI is InChI=1S/C14H18BrNO2/c1-9-5-6-11(12(15)8-9)14(17)16-10(2)13-4-3-7-18-13/h5-6,8,10,13H,3-4,7H2,1-2H3,(H,16,17). The predicted octanol–water partition coefficient (Wildman–Crippen LogP) is 3.05. The Labute approximate surface area is 116 Å². The lowest BCUT2D eigenvalue weighted by Gasteiger charge is -2.20. The highest BCUT2D eigenvalue weighted by Gasteiger charge is 2.24. The molecule has 0 aliphatic carbocycles. The van der Waals surface area contributed by atoms with E-state index in [0.717, 1.165) is 29.5 Å². The van der Waals surface area contributed by atoms with E-state index >= 15 is 0 Å². The number of rotatable bonds is 3. The van der Waals surface area contributed by atoms with E-state index in [1.165, 1.54) is 0 Å². The number of hydrogen-bond acceptors (Lipinski definition) is 2. The molecule has 18 heavy (non-hydrogen) atoms. The highest BCUT2D eigenvalue weighted by molar-refractivity contribution is 9.10. The quantitative estimate of drug-likeness (QED) is 0.931. The molecule has 1 fully saturated rings. The summed E-state index contributed by atoms with van der Waals surface area (Å²) >= 11 is 3.43. The van der Waals surface area contributed by atoms with Crippen LogP contribution >= 0.6 is 15.9 Å². The topological polar surface area (TPSA) is 38.3 Å². The van der Waals surface area contributed by atoms with E-state index in [0.29, 0.717) is 5.56 Å². The molecular weight excluding hydrogens is 294 g/mol. The van der Waals surface area contributed by atoms with Crippen molar-refractivity contribution in [3.05, 3.63) is 33.8 Å². The zero-order valence-electron chi connectivity index (χ0n) is 10.7. The van der Waals surface area contributed by atoms with Gasteiger partial charge in [0, 0.05) is 11.1 Å². The second-order valence-corrected chi connectivity index (χ2v) is 5.65. The fourth-order valence-corrected chi connectivity index (χ4v) is 2.85. The maximum Gasteiger partial charge on any atom is 0.252 e. The normalized spacial score (nSPS) is 20.7. The summed E-state index contributed by atoms with van der Waals surface area (Å²) < 4.78 is 6.41. The van der Waals surface area contributed by atoms with Gasteiger partial charge < -0.3 is 10.1 Å². The first kappa shape index (κ1) is 13.6. The molecule has 2 atom stereocenters. The lowest BCUT2D eigenvalue weighted by atomic mass is 10.1. The molecule has 1 aromatic rings. The number of ether oxygens (including phenoxy) is 1. The molecule has 0 spiro atoms. The molecule has 2 unspecified atom stereocenters. The SMILES string of the molecule is Cc1ccc(C(=O)NC(C)C2CCCO2)c(Br)c1. The maximum absolute atomic E-state index is 12.1. The number of amides is 1. The van der Waals surface area contributed by atoms with Gasteiger partial charge in [0.1, 0.15) is 0 Å². The Hall–Kier alpha value is -0.870. The van der Waals surface area contributed by atoms with E-state index in [2.05, 4.69) is 21.2 Å². The van der Waals surface area contributed by atoms with Crippen molar-refractivity contribution in [1.82, 2.24) is 5.32 Å². The van der Waals surface area contributed by atoms with Crippen LogP contribution in [0, 0.1) is 6.92 Å². The van der Waals surface area contributed by atoms with Gasteiger partial charge in [-0.3, -0.25) is 4.79 Å². The Morgan fingerprint density at radius 3 is 2.94 bits per heavy atom. The highest BCUT2D eigenvalue weighted by Crippen LogP contribution is 2.20. The van der Waals surface area contributed by atoms with Crippen molar-refractivity contribution in [2.75, 3.05) is 6.61 Å². The average Bonchev–Trinajstić information content (AvgIpc) is 2.81. The number of halogens is 1. The summed E-state index contributed by atoms with van der Waals surface area (Å²) in [4.78, 5) is 12.1. The summed E-state index contributed by atoms with van der Waals surface area (Å²) in [5, 5.41) is 3.00. The van der Waals surface area contributed by atoms with Crippen molar-refractivity contribution < 1.29 is 9.53 Å². The molecule has 1 amide bonds. The smallest absolute Gasteiger partial charge is 0.252 e. The molecule has 0 radical (unpaired) electrons. The second-order valence-electron chi connectivity index (χ2n) is 4.80. The van der Waals surface area contributed by atoms with E-state index in [4.69, 9.17) is 4.74 Å². The van der Waals surface area contributed by atoms with E-state index < -0.39 is 0 Å². The van der Waals surface area contributed by atoms with Gasteiger partial charge >= 0.3 is 0 Å². The van der Waals surface area contributed by atoms with Crippen molar-refractivity contribution in [2.45, 2.75) is 38.8 Å². The van der Waals surface area contributed by atoms with Crippen LogP contribution in [0.1, 0.15) is 35.7 Å². The Kier molecular flexibility index (Phi) is 4.40. The van der Waals surface area contributed by atoms with Gasteiger partial charge in [0.2, 0.25) is 0 Å². The molecule has 0 saturated carbocycles. The van der Waals surface area contributed by atoms with Crippen LogP contribution in [0.3, 0.4) is 0 Å². The largest absolute Gasteiger partial charge is 0.376 e. The molecule has 0 bridgehead atoms. The van der Waals surface area contributed by atoms with Gasteiger partial charge in [-0.15, -0.1) is 0 Å². The van der Waals surface area contributed by atoms with Gasteiger partial charge in [-0.1, -0.05) is 6.07 Å². The third-order valence-corrected chi connectivity index (χ3v) is 3.91. The van der Waals surface area contributed by atoms with Crippen molar-refractivity contribution >= 4 is 21.8 Å². The van der Waals surface area contributed by atoms with E-state index in [1.54, 1.807) is 0 Å². The first-order chi connectivity index (χ1) is 8.58. The third kappa shape index (κ3) is 3.12. The van der Waals surface area contributed by atoms with Gasteiger partial charge in [-0.05, 0) is 60.3 Å². The van der Waals surface area contributed by atoms with Crippen molar-refractivity contribution in [2.24, 2.45) is 0 Å². The monoisotopic (exact) mass is 311 g/mol. The average molecular weight is 312 g/mol. The van der Waals surface area contributed by atoms with Crippen molar-refractivity contribution in [3.8, 4) is 0 Å². The molecule has 2 rings (SSSR count). The van der Waals surface area contributed by atoms with Gasteiger partial charge in [-0.2, -0.15) is 0 Å². The minimum absolute atomic E-state index is 0.0493. The first-order valence-corrected chi connectivity index (χ1v) is 7.06. The van der Waals surface area contributed by atoms with Crippen LogP contribution in [0.4, 0.5) is 0 Å². The van der Waals surface area contributed by atoms with E-state index in [-0.39, 0.29) is 18.1 Å². The number of nitrogens with one attached hydrogen (secondary N) is 1. The lowest BCUT2D eigenvalue weighted by Crippen LogP contribution is -2.40. The molecule has 98 valence electrons. The zero-order chi connectivity index (χ0) is 13.1. The molecule has 1 aliphatic rings. The Morgan fingerprint density at radius 1 is 1.56 bits per heavy atom. The summed E-state index contributed by atoms with van der Waals surface area (Å²) in [6, 6.07) is 5.78. The Morgan fingerprint density at radius 2 is 2.33 bits per heavy atom. The summed E-state index contributed by atoms with van der Waals surface area (Å²) in [5.74, 6) is -0.0510. The van der Waals surface area contributed by atoms with Gasteiger partial charge in [-0.25, -0.2) is 0 Å². The number of benzene rings is 1. The van der Waals surface area contributed by atoms with Crippen LogP contribution in [-0.4, -0.2) is 24.7 Å². The molecule has 1 aliphatic heterocycles. The fraction of sp³-hybridized carbons (Fsp3) is 0.500. The van der Waals surface area contributed by atoms with Crippen LogP contribution in [-0.2, 0) is 4.74 Å². The van der Waals surface area contributed by atoms with E-state index in [1.807, 2.05) is 32.0 Å². The van der Waals surface area contributed by atoms with Gasteiger partial charge in [0.15, 0.2) is 0 Å². The minimum Gasteiger partial charge on any atom is -0.376 e. The summed E-state index contributed by atoms with van der Waals surface area (Å²) in [7, 11) is 0. The van der Waals surface area contributed by atoms with Gasteiger partial charge in [0.25, 0.3) is 5.91 Å². The molecule has 0 aromatic heterocycles. The molecule has 3 nitrogen and oxygen atoms in total. The molecule has 1 saturated heterocycles. The summed E-state index contributed by atoms with van der Waals surface area (Å²) in [6.07, 6.45) is 2.26. The van der Waals surface area contributed by atoms with Crippen LogP contribution in [0.25, 0.3) is 0 Å². The number of carbonyl (C=O) groups is 1. The zero-order valence-corrected chi connectivity index (χ0v) is 12.3. The van der Waals surface area contributed by atoms with Crippen molar-refractivity contribution in [1.29, 1.82) is 0 Å². The van der Waals surface area contributed by atoms with E-state index in [9.17, 15) is 4.79 Å². The molecule has 1 N–H and O–H groups in total. The predicted molar refractivity (Wildman–Crippen MR) is 74.8 cm³/mol. The van der Waals surface area contributed by atoms with Gasteiger partial charge in [0.05, 0.1) is 17.7 Å². The summed E-state index contributed by atoms with van der Waals surface area (Å²) in [6.45, 7) is 4.80.